The quantitative estimate of drug-likeness (QED) is 0.646. The van der Waals surface area contributed by atoms with E-state index in [-0.39, 0.29) is 18.6 Å². The summed E-state index contributed by atoms with van der Waals surface area (Å²) in [5, 5.41) is 11.3. The van der Waals surface area contributed by atoms with Crippen LogP contribution in [0.5, 0.6) is 0 Å². The molecule has 0 aromatic carbocycles. The van der Waals surface area contributed by atoms with Crippen molar-refractivity contribution >= 4 is 0 Å². The molecular formula is C8H17F2NO. The van der Waals surface area contributed by atoms with E-state index in [1.165, 1.54) is 0 Å². The molecule has 0 fully saturated rings. The average Bonchev–Trinajstić information content (AvgIpc) is 1.85. The zero-order chi connectivity index (χ0) is 9.61. The van der Waals surface area contributed by atoms with Crippen LogP contribution < -0.4 is 5.32 Å². The van der Waals surface area contributed by atoms with Crippen LogP contribution in [0.15, 0.2) is 0 Å². The standard InChI is InChI=1S/C8H17F2NO/c1-8(2,3-4-12)6-11-5-7(9)10/h7,11-12H,3-6H2,1-2H3. The summed E-state index contributed by atoms with van der Waals surface area (Å²) in [6, 6.07) is 0. The van der Waals surface area contributed by atoms with Gasteiger partial charge in [0.25, 0.3) is 6.43 Å². The second kappa shape index (κ2) is 5.43. The first kappa shape index (κ1) is 11.8. The number of alkyl halides is 2. The number of aliphatic hydroxyl groups is 1. The number of hydrogen-bond acceptors (Lipinski definition) is 2. The molecule has 0 bridgehead atoms. The van der Waals surface area contributed by atoms with Crippen molar-refractivity contribution < 1.29 is 13.9 Å². The van der Waals surface area contributed by atoms with Gasteiger partial charge in [0.2, 0.25) is 0 Å². The third kappa shape index (κ3) is 6.49. The highest BCUT2D eigenvalue weighted by molar-refractivity contribution is 4.70. The zero-order valence-electron chi connectivity index (χ0n) is 7.61. The number of rotatable bonds is 6. The Labute approximate surface area is 72.0 Å². The van der Waals surface area contributed by atoms with Gasteiger partial charge >= 0.3 is 0 Å². The Bertz CT molecular complexity index is 118. The predicted molar refractivity (Wildman–Crippen MR) is 44.4 cm³/mol. The Balaban J connectivity index is 3.46. The van der Waals surface area contributed by atoms with Crippen molar-refractivity contribution in [3.8, 4) is 0 Å². The maximum atomic E-state index is 11.7. The summed E-state index contributed by atoms with van der Waals surface area (Å²) in [5.41, 5.74) is -0.107. The highest BCUT2D eigenvalue weighted by Crippen LogP contribution is 2.17. The van der Waals surface area contributed by atoms with Crippen molar-refractivity contribution in [2.45, 2.75) is 26.7 Å². The Morgan fingerprint density at radius 2 is 2.00 bits per heavy atom. The normalized spacial score (nSPS) is 12.5. The highest BCUT2D eigenvalue weighted by Gasteiger charge is 2.16. The fourth-order valence-electron chi connectivity index (χ4n) is 0.911. The molecule has 0 heterocycles. The lowest BCUT2D eigenvalue weighted by atomic mass is 9.90. The van der Waals surface area contributed by atoms with Crippen LogP contribution >= 0.6 is 0 Å². The Hall–Kier alpha value is -0.220. The van der Waals surface area contributed by atoms with E-state index in [0.717, 1.165) is 0 Å². The smallest absolute Gasteiger partial charge is 0.250 e. The minimum absolute atomic E-state index is 0.101. The van der Waals surface area contributed by atoms with Gasteiger partial charge in [0.15, 0.2) is 0 Å². The molecule has 0 rings (SSSR count). The Morgan fingerprint density at radius 1 is 1.42 bits per heavy atom. The van der Waals surface area contributed by atoms with Gasteiger partial charge < -0.3 is 10.4 Å². The van der Waals surface area contributed by atoms with Gasteiger partial charge in [0.1, 0.15) is 0 Å². The van der Waals surface area contributed by atoms with E-state index in [0.29, 0.717) is 13.0 Å². The molecule has 0 aliphatic carbocycles. The van der Waals surface area contributed by atoms with Crippen LogP contribution in [0.2, 0.25) is 0 Å². The van der Waals surface area contributed by atoms with Crippen molar-refractivity contribution in [2.75, 3.05) is 19.7 Å². The largest absolute Gasteiger partial charge is 0.396 e. The molecule has 2 nitrogen and oxygen atoms in total. The second-order valence-electron chi connectivity index (χ2n) is 3.66. The first-order chi connectivity index (χ1) is 5.48. The second-order valence-corrected chi connectivity index (χ2v) is 3.66. The van der Waals surface area contributed by atoms with Crippen molar-refractivity contribution in [2.24, 2.45) is 5.41 Å². The molecule has 0 amide bonds. The van der Waals surface area contributed by atoms with Gasteiger partial charge in [-0.3, -0.25) is 0 Å². The minimum Gasteiger partial charge on any atom is -0.396 e. The first-order valence-corrected chi connectivity index (χ1v) is 4.08. The molecule has 0 spiro atoms. The Morgan fingerprint density at radius 3 is 2.42 bits per heavy atom. The molecule has 0 radical (unpaired) electrons. The van der Waals surface area contributed by atoms with E-state index in [4.69, 9.17) is 5.11 Å². The fourth-order valence-corrected chi connectivity index (χ4v) is 0.911. The third-order valence-corrected chi connectivity index (χ3v) is 1.69. The Kier molecular flexibility index (Phi) is 5.33. The molecule has 2 N–H and O–H groups in total. The van der Waals surface area contributed by atoms with Gasteiger partial charge in [0.05, 0.1) is 6.54 Å². The molecular weight excluding hydrogens is 164 g/mol. The van der Waals surface area contributed by atoms with Crippen molar-refractivity contribution in [3.63, 3.8) is 0 Å². The lowest BCUT2D eigenvalue weighted by molar-refractivity contribution is 0.136. The van der Waals surface area contributed by atoms with Gasteiger partial charge in [-0.15, -0.1) is 0 Å². The van der Waals surface area contributed by atoms with E-state index in [2.05, 4.69) is 5.32 Å². The molecule has 0 saturated carbocycles. The van der Waals surface area contributed by atoms with E-state index in [1.807, 2.05) is 13.8 Å². The lowest BCUT2D eigenvalue weighted by Crippen LogP contribution is -2.33. The van der Waals surface area contributed by atoms with Crippen LogP contribution in [0.25, 0.3) is 0 Å². The first-order valence-electron chi connectivity index (χ1n) is 4.08. The molecule has 0 aromatic rings. The fraction of sp³-hybridized carbons (Fsp3) is 1.00. The highest BCUT2D eigenvalue weighted by atomic mass is 19.3. The summed E-state index contributed by atoms with van der Waals surface area (Å²) >= 11 is 0. The summed E-state index contributed by atoms with van der Waals surface area (Å²) in [6.45, 7) is 4.21. The van der Waals surface area contributed by atoms with Gasteiger partial charge in [-0.25, -0.2) is 8.78 Å². The molecule has 12 heavy (non-hydrogen) atoms. The van der Waals surface area contributed by atoms with E-state index in [9.17, 15) is 8.78 Å². The monoisotopic (exact) mass is 181 g/mol. The molecule has 0 aromatic heterocycles. The van der Waals surface area contributed by atoms with Crippen LogP contribution in [-0.4, -0.2) is 31.2 Å². The van der Waals surface area contributed by atoms with Gasteiger partial charge in [-0.05, 0) is 11.8 Å². The van der Waals surface area contributed by atoms with Gasteiger partial charge in [-0.2, -0.15) is 0 Å². The summed E-state index contributed by atoms with van der Waals surface area (Å²) in [5.74, 6) is 0. The van der Waals surface area contributed by atoms with E-state index in [1.54, 1.807) is 0 Å². The SMILES string of the molecule is CC(C)(CCO)CNCC(F)F. The van der Waals surface area contributed by atoms with Gasteiger partial charge in [0, 0.05) is 13.2 Å². The van der Waals surface area contributed by atoms with Crippen LogP contribution in [0.4, 0.5) is 8.78 Å². The molecule has 0 aliphatic heterocycles. The molecule has 0 saturated heterocycles. The summed E-state index contributed by atoms with van der Waals surface area (Å²) in [7, 11) is 0. The molecule has 0 aliphatic rings. The number of aliphatic hydroxyl groups excluding tert-OH is 1. The predicted octanol–water partition coefficient (Wildman–Crippen LogP) is 1.25. The van der Waals surface area contributed by atoms with Crippen molar-refractivity contribution in [1.29, 1.82) is 0 Å². The van der Waals surface area contributed by atoms with E-state index >= 15 is 0 Å². The minimum atomic E-state index is -2.30. The molecule has 4 heteroatoms. The summed E-state index contributed by atoms with van der Waals surface area (Å²) < 4.78 is 23.4. The van der Waals surface area contributed by atoms with Crippen LogP contribution in [0.1, 0.15) is 20.3 Å². The number of nitrogens with one attached hydrogen (secondary N) is 1. The summed E-state index contributed by atoms with van der Waals surface area (Å²) in [6.07, 6.45) is -1.67. The van der Waals surface area contributed by atoms with Crippen LogP contribution in [-0.2, 0) is 0 Å². The molecule has 74 valence electrons. The number of hydrogen-bond donors (Lipinski definition) is 2. The third-order valence-electron chi connectivity index (χ3n) is 1.69. The maximum absolute atomic E-state index is 11.7. The topological polar surface area (TPSA) is 32.3 Å². The van der Waals surface area contributed by atoms with Crippen molar-refractivity contribution in [1.82, 2.24) is 5.32 Å². The van der Waals surface area contributed by atoms with E-state index < -0.39 is 6.43 Å². The van der Waals surface area contributed by atoms with Crippen molar-refractivity contribution in [3.05, 3.63) is 0 Å². The van der Waals surface area contributed by atoms with Crippen LogP contribution in [0.3, 0.4) is 0 Å². The summed E-state index contributed by atoms with van der Waals surface area (Å²) in [4.78, 5) is 0. The van der Waals surface area contributed by atoms with Crippen LogP contribution in [0, 0.1) is 5.41 Å². The number of halogens is 2. The zero-order valence-corrected chi connectivity index (χ0v) is 7.61. The average molecular weight is 181 g/mol. The lowest BCUT2D eigenvalue weighted by Gasteiger charge is -2.23. The maximum Gasteiger partial charge on any atom is 0.250 e. The molecule has 0 unspecified atom stereocenters. The molecule has 0 atom stereocenters. The van der Waals surface area contributed by atoms with Gasteiger partial charge in [-0.1, -0.05) is 13.8 Å².